The SMILES string of the molecule is S=c1[nH]ccn1-c1ccc2sccc2c1. The molecule has 0 saturated carbocycles. The number of nitrogens with one attached hydrogen (secondary N) is 1. The molecular formula is C11H8N2S2. The number of aromatic amines is 1. The van der Waals surface area contributed by atoms with E-state index < -0.39 is 0 Å². The Hall–Kier alpha value is -1.39. The van der Waals surface area contributed by atoms with Crippen molar-refractivity contribution >= 4 is 33.6 Å². The molecule has 74 valence electrons. The smallest absolute Gasteiger partial charge is 0.181 e. The maximum Gasteiger partial charge on any atom is 0.181 e. The minimum Gasteiger partial charge on any atom is -0.337 e. The molecule has 0 fully saturated rings. The highest BCUT2D eigenvalue weighted by atomic mass is 32.1. The first-order chi connectivity index (χ1) is 7.34. The van der Waals surface area contributed by atoms with Gasteiger partial charge in [-0.3, -0.25) is 4.57 Å². The number of benzene rings is 1. The van der Waals surface area contributed by atoms with Gasteiger partial charge in [0.05, 0.1) is 0 Å². The van der Waals surface area contributed by atoms with Crippen LogP contribution in [-0.2, 0) is 0 Å². The molecule has 0 spiro atoms. The topological polar surface area (TPSA) is 20.7 Å². The number of nitrogens with zero attached hydrogens (tertiary/aromatic N) is 1. The fraction of sp³-hybridized carbons (Fsp3) is 0. The minimum atomic E-state index is 0.726. The third-order valence-corrected chi connectivity index (χ3v) is 3.58. The number of hydrogen-bond donors (Lipinski definition) is 1. The van der Waals surface area contributed by atoms with Crippen LogP contribution in [0.2, 0.25) is 0 Å². The molecule has 15 heavy (non-hydrogen) atoms. The highest BCUT2D eigenvalue weighted by Gasteiger charge is 2.00. The lowest BCUT2D eigenvalue weighted by Crippen LogP contribution is -1.90. The van der Waals surface area contributed by atoms with Crippen molar-refractivity contribution in [2.24, 2.45) is 0 Å². The maximum atomic E-state index is 5.18. The zero-order valence-electron chi connectivity index (χ0n) is 7.81. The predicted molar refractivity (Wildman–Crippen MR) is 66.3 cm³/mol. The van der Waals surface area contributed by atoms with Gasteiger partial charge < -0.3 is 4.98 Å². The molecule has 0 unspecified atom stereocenters. The fourth-order valence-corrected chi connectivity index (χ4v) is 2.63. The Labute approximate surface area is 95.8 Å². The first-order valence-corrected chi connectivity index (χ1v) is 5.87. The molecule has 0 atom stereocenters. The van der Waals surface area contributed by atoms with Crippen LogP contribution < -0.4 is 0 Å². The molecule has 0 amide bonds. The third-order valence-electron chi connectivity index (χ3n) is 2.36. The van der Waals surface area contributed by atoms with Gasteiger partial charge in [-0.25, -0.2) is 0 Å². The number of imidazole rings is 1. The Morgan fingerprint density at radius 3 is 3.00 bits per heavy atom. The van der Waals surface area contributed by atoms with Crippen molar-refractivity contribution in [3.8, 4) is 5.69 Å². The van der Waals surface area contributed by atoms with Crippen molar-refractivity contribution < 1.29 is 0 Å². The molecule has 0 aliphatic heterocycles. The van der Waals surface area contributed by atoms with E-state index in [2.05, 4.69) is 34.6 Å². The van der Waals surface area contributed by atoms with Gasteiger partial charge >= 0.3 is 0 Å². The van der Waals surface area contributed by atoms with E-state index in [1.165, 1.54) is 10.1 Å². The highest BCUT2D eigenvalue weighted by Crippen LogP contribution is 2.23. The standard InChI is InChI=1S/C11H8N2S2/c14-11-12-4-5-13(11)9-1-2-10-8(7-9)3-6-15-10/h1-7H,(H,12,14). The Bertz CT molecular complexity index is 660. The summed E-state index contributed by atoms with van der Waals surface area (Å²) in [6, 6.07) is 8.49. The molecule has 2 nitrogen and oxygen atoms in total. The second-order valence-corrected chi connectivity index (χ2v) is 4.61. The van der Waals surface area contributed by atoms with Crippen LogP contribution in [-0.4, -0.2) is 9.55 Å². The lowest BCUT2D eigenvalue weighted by molar-refractivity contribution is 1.04. The van der Waals surface area contributed by atoms with Crippen molar-refractivity contribution in [2.45, 2.75) is 0 Å². The summed E-state index contributed by atoms with van der Waals surface area (Å²) in [6.45, 7) is 0. The molecular weight excluding hydrogens is 224 g/mol. The van der Waals surface area contributed by atoms with Gasteiger partial charge in [0.15, 0.2) is 4.77 Å². The van der Waals surface area contributed by atoms with E-state index in [9.17, 15) is 0 Å². The maximum absolute atomic E-state index is 5.18. The van der Waals surface area contributed by atoms with Crippen molar-refractivity contribution in [3.63, 3.8) is 0 Å². The molecule has 2 aromatic heterocycles. The van der Waals surface area contributed by atoms with Crippen molar-refractivity contribution in [1.29, 1.82) is 0 Å². The number of hydrogen-bond acceptors (Lipinski definition) is 2. The van der Waals surface area contributed by atoms with E-state index >= 15 is 0 Å². The van der Waals surface area contributed by atoms with Crippen LogP contribution in [0.25, 0.3) is 15.8 Å². The van der Waals surface area contributed by atoms with Crippen LogP contribution in [0.4, 0.5) is 0 Å². The second-order valence-electron chi connectivity index (χ2n) is 3.28. The van der Waals surface area contributed by atoms with Crippen molar-refractivity contribution in [2.75, 3.05) is 0 Å². The lowest BCUT2D eigenvalue weighted by Gasteiger charge is -2.01. The zero-order chi connectivity index (χ0) is 10.3. The van der Waals surface area contributed by atoms with Gasteiger partial charge in [-0.15, -0.1) is 11.3 Å². The molecule has 1 aromatic carbocycles. The fourth-order valence-electron chi connectivity index (χ4n) is 1.63. The summed E-state index contributed by atoms with van der Waals surface area (Å²) in [5, 5.41) is 3.37. The summed E-state index contributed by atoms with van der Waals surface area (Å²) in [7, 11) is 0. The molecule has 4 heteroatoms. The average Bonchev–Trinajstić information content (AvgIpc) is 2.84. The summed E-state index contributed by atoms with van der Waals surface area (Å²) in [4.78, 5) is 2.99. The Morgan fingerprint density at radius 2 is 2.20 bits per heavy atom. The molecule has 3 aromatic rings. The van der Waals surface area contributed by atoms with E-state index in [0.717, 1.165) is 10.5 Å². The van der Waals surface area contributed by atoms with Crippen LogP contribution in [0.1, 0.15) is 0 Å². The van der Waals surface area contributed by atoms with Gasteiger partial charge in [-0.1, -0.05) is 0 Å². The summed E-state index contributed by atoms with van der Waals surface area (Å²) in [5.41, 5.74) is 1.10. The van der Waals surface area contributed by atoms with Gasteiger partial charge in [-0.05, 0) is 47.2 Å². The number of thiophene rings is 1. The van der Waals surface area contributed by atoms with Crippen LogP contribution >= 0.6 is 23.6 Å². The number of rotatable bonds is 1. The van der Waals surface area contributed by atoms with E-state index in [4.69, 9.17) is 12.2 Å². The quantitative estimate of drug-likeness (QED) is 0.634. The van der Waals surface area contributed by atoms with Crippen molar-refractivity contribution in [1.82, 2.24) is 9.55 Å². The van der Waals surface area contributed by atoms with Gasteiger partial charge in [-0.2, -0.15) is 0 Å². The molecule has 1 N–H and O–H groups in total. The summed E-state index contributed by atoms with van der Waals surface area (Å²) < 4.78 is 4.00. The number of H-pyrrole nitrogens is 1. The first-order valence-electron chi connectivity index (χ1n) is 4.58. The van der Waals surface area contributed by atoms with Gasteiger partial charge in [0, 0.05) is 22.8 Å². The Balaban J connectivity index is 2.28. The first kappa shape index (κ1) is 8.88. The van der Waals surface area contributed by atoms with Crippen LogP contribution in [0.15, 0.2) is 42.0 Å². The predicted octanol–water partition coefficient (Wildman–Crippen LogP) is 3.75. The lowest BCUT2D eigenvalue weighted by atomic mass is 10.2. The number of fused-ring (bicyclic) bond motifs is 1. The van der Waals surface area contributed by atoms with Crippen LogP contribution in [0.5, 0.6) is 0 Å². The third kappa shape index (κ3) is 1.42. The van der Waals surface area contributed by atoms with E-state index in [-0.39, 0.29) is 0 Å². The number of aromatic nitrogens is 2. The summed E-state index contributed by atoms with van der Waals surface area (Å²) in [6.07, 6.45) is 3.79. The normalized spacial score (nSPS) is 10.9. The van der Waals surface area contributed by atoms with Gasteiger partial charge in [0.25, 0.3) is 0 Å². The molecule has 0 aliphatic carbocycles. The van der Waals surface area contributed by atoms with Crippen LogP contribution in [0.3, 0.4) is 0 Å². The Kier molecular flexibility index (Phi) is 1.97. The van der Waals surface area contributed by atoms with E-state index in [1.807, 2.05) is 17.0 Å². The van der Waals surface area contributed by atoms with E-state index in [0.29, 0.717) is 0 Å². The highest BCUT2D eigenvalue weighted by molar-refractivity contribution is 7.71. The van der Waals surface area contributed by atoms with Crippen molar-refractivity contribution in [3.05, 3.63) is 46.8 Å². The molecule has 0 radical (unpaired) electrons. The second kappa shape index (κ2) is 3.32. The monoisotopic (exact) mass is 232 g/mol. The minimum absolute atomic E-state index is 0.726. The molecule has 0 saturated heterocycles. The Morgan fingerprint density at radius 1 is 1.27 bits per heavy atom. The van der Waals surface area contributed by atoms with Crippen LogP contribution in [0, 0.1) is 4.77 Å². The summed E-state index contributed by atoms with van der Waals surface area (Å²) in [5.74, 6) is 0. The molecule has 0 bridgehead atoms. The average molecular weight is 232 g/mol. The molecule has 0 aliphatic rings. The largest absolute Gasteiger partial charge is 0.337 e. The van der Waals surface area contributed by atoms with Gasteiger partial charge in [0.1, 0.15) is 0 Å². The molecule has 3 rings (SSSR count). The van der Waals surface area contributed by atoms with Gasteiger partial charge in [0.2, 0.25) is 0 Å². The molecule has 2 heterocycles. The van der Waals surface area contributed by atoms with E-state index in [1.54, 1.807) is 11.3 Å². The summed E-state index contributed by atoms with van der Waals surface area (Å²) >= 11 is 6.93. The zero-order valence-corrected chi connectivity index (χ0v) is 9.44.